The quantitative estimate of drug-likeness (QED) is 0.853. The van der Waals surface area contributed by atoms with Gasteiger partial charge in [-0.2, -0.15) is 0 Å². The molecule has 7 heteroatoms. The van der Waals surface area contributed by atoms with Gasteiger partial charge in [0, 0.05) is 10.7 Å². The third kappa shape index (κ3) is 2.62. The molecule has 2 aromatic rings. The number of ether oxygens (including phenoxy) is 3. The summed E-state index contributed by atoms with van der Waals surface area (Å²) in [5.41, 5.74) is 1.11. The van der Waals surface area contributed by atoms with E-state index in [9.17, 15) is 4.79 Å². The summed E-state index contributed by atoms with van der Waals surface area (Å²) in [7, 11) is 0. The van der Waals surface area contributed by atoms with E-state index in [4.69, 9.17) is 25.8 Å². The van der Waals surface area contributed by atoms with Gasteiger partial charge in [-0.1, -0.05) is 11.6 Å². The first-order valence-corrected chi connectivity index (χ1v) is 6.89. The highest BCUT2D eigenvalue weighted by atomic mass is 79.9. The maximum atomic E-state index is 11.8. The van der Waals surface area contributed by atoms with Crippen LogP contribution in [-0.4, -0.2) is 17.7 Å². The molecule has 0 saturated heterocycles. The monoisotopic (exact) mass is 357 g/mol. The summed E-state index contributed by atoms with van der Waals surface area (Å²) in [6.45, 7) is 0.251. The van der Waals surface area contributed by atoms with E-state index in [1.165, 1.54) is 0 Å². The van der Waals surface area contributed by atoms with Gasteiger partial charge < -0.3 is 19.2 Å². The SMILES string of the molecule is O=C(OCc1cc(Cl)c2c(c1)OCO2)c1cc(Br)c[nH]1. The second kappa shape index (κ2) is 5.38. The van der Waals surface area contributed by atoms with Crippen molar-refractivity contribution in [3.05, 3.63) is 45.1 Å². The molecule has 1 aliphatic rings. The number of carbonyl (C=O) groups is 1. The average Bonchev–Trinajstić information content (AvgIpc) is 3.04. The van der Waals surface area contributed by atoms with Crippen molar-refractivity contribution >= 4 is 33.5 Å². The molecule has 0 bridgehead atoms. The molecule has 1 aromatic heterocycles. The number of benzene rings is 1. The molecule has 0 aliphatic carbocycles. The number of fused-ring (bicyclic) bond motifs is 1. The van der Waals surface area contributed by atoms with Crippen molar-refractivity contribution < 1.29 is 19.0 Å². The molecular weight excluding hydrogens is 350 g/mol. The van der Waals surface area contributed by atoms with Gasteiger partial charge in [-0.25, -0.2) is 4.79 Å². The molecule has 1 N–H and O–H groups in total. The van der Waals surface area contributed by atoms with Crippen LogP contribution in [-0.2, 0) is 11.3 Å². The van der Waals surface area contributed by atoms with Crippen LogP contribution in [0.5, 0.6) is 11.5 Å². The van der Waals surface area contributed by atoms with Crippen LogP contribution in [0.4, 0.5) is 0 Å². The molecule has 0 amide bonds. The van der Waals surface area contributed by atoms with Gasteiger partial charge in [0.25, 0.3) is 0 Å². The maximum Gasteiger partial charge on any atom is 0.355 e. The van der Waals surface area contributed by atoms with E-state index in [1.54, 1.807) is 24.4 Å². The predicted molar refractivity (Wildman–Crippen MR) is 75.2 cm³/mol. The van der Waals surface area contributed by atoms with Gasteiger partial charge in [-0.15, -0.1) is 0 Å². The minimum absolute atomic E-state index is 0.103. The smallest absolute Gasteiger partial charge is 0.355 e. The van der Waals surface area contributed by atoms with Crippen molar-refractivity contribution in [1.29, 1.82) is 0 Å². The molecule has 0 radical (unpaired) electrons. The Balaban J connectivity index is 1.70. The molecule has 104 valence electrons. The molecule has 5 nitrogen and oxygen atoms in total. The fourth-order valence-electron chi connectivity index (χ4n) is 1.82. The molecule has 3 rings (SSSR count). The Morgan fingerprint density at radius 3 is 3.00 bits per heavy atom. The van der Waals surface area contributed by atoms with Crippen LogP contribution in [0.25, 0.3) is 0 Å². The number of rotatable bonds is 3. The first kappa shape index (κ1) is 13.3. The standard InChI is InChI=1S/C13H9BrClNO4/c14-8-3-10(16-4-8)13(17)18-5-7-1-9(15)12-11(2-7)19-6-20-12/h1-4,16H,5-6H2. The summed E-state index contributed by atoms with van der Waals surface area (Å²) in [6.07, 6.45) is 1.66. The van der Waals surface area contributed by atoms with E-state index in [0.717, 1.165) is 10.0 Å². The van der Waals surface area contributed by atoms with Gasteiger partial charge in [0.15, 0.2) is 11.5 Å². The van der Waals surface area contributed by atoms with Crippen molar-refractivity contribution in [3.8, 4) is 11.5 Å². The number of H-pyrrole nitrogens is 1. The van der Waals surface area contributed by atoms with Crippen LogP contribution >= 0.6 is 27.5 Å². The minimum atomic E-state index is -0.440. The highest BCUT2D eigenvalue weighted by Gasteiger charge is 2.19. The topological polar surface area (TPSA) is 60.6 Å². The largest absolute Gasteiger partial charge is 0.456 e. The fraction of sp³-hybridized carbons (Fsp3) is 0.154. The summed E-state index contributed by atoms with van der Waals surface area (Å²) in [4.78, 5) is 14.6. The zero-order valence-corrected chi connectivity index (χ0v) is 12.5. The summed E-state index contributed by atoms with van der Waals surface area (Å²) >= 11 is 9.31. The zero-order chi connectivity index (χ0) is 14.1. The van der Waals surface area contributed by atoms with Gasteiger partial charge in [-0.3, -0.25) is 0 Å². The fourth-order valence-corrected chi connectivity index (χ4v) is 2.45. The van der Waals surface area contributed by atoms with Gasteiger partial charge in [0.2, 0.25) is 6.79 Å². The first-order chi connectivity index (χ1) is 9.63. The van der Waals surface area contributed by atoms with Gasteiger partial charge in [0.05, 0.1) is 5.02 Å². The van der Waals surface area contributed by atoms with Crippen molar-refractivity contribution in [1.82, 2.24) is 4.98 Å². The van der Waals surface area contributed by atoms with Crippen LogP contribution in [0.1, 0.15) is 16.1 Å². The summed E-state index contributed by atoms with van der Waals surface area (Å²) in [5, 5.41) is 0.439. The molecular formula is C13H9BrClNO4. The number of aromatic amines is 1. The van der Waals surface area contributed by atoms with Crippen molar-refractivity contribution in [2.75, 3.05) is 6.79 Å². The van der Waals surface area contributed by atoms with E-state index in [0.29, 0.717) is 22.2 Å². The van der Waals surface area contributed by atoms with E-state index < -0.39 is 5.97 Å². The molecule has 20 heavy (non-hydrogen) atoms. The normalized spacial score (nSPS) is 12.5. The lowest BCUT2D eigenvalue weighted by atomic mass is 10.2. The molecule has 0 unspecified atom stereocenters. The van der Waals surface area contributed by atoms with Crippen LogP contribution in [0.3, 0.4) is 0 Å². The lowest BCUT2D eigenvalue weighted by Crippen LogP contribution is -2.05. The van der Waals surface area contributed by atoms with Crippen LogP contribution in [0, 0.1) is 0 Å². The number of aromatic nitrogens is 1. The second-order valence-corrected chi connectivity index (χ2v) is 5.44. The molecule has 0 atom stereocenters. The van der Waals surface area contributed by atoms with Gasteiger partial charge >= 0.3 is 5.97 Å². The number of hydrogen-bond donors (Lipinski definition) is 1. The van der Waals surface area contributed by atoms with Gasteiger partial charge in [-0.05, 0) is 39.7 Å². The minimum Gasteiger partial charge on any atom is -0.456 e. The third-order valence-corrected chi connectivity index (χ3v) is 3.46. The molecule has 2 heterocycles. The highest BCUT2D eigenvalue weighted by molar-refractivity contribution is 9.10. The first-order valence-electron chi connectivity index (χ1n) is 5.72. The third-order valence-electron chi connectivity index (χ3n) is 2.72. The van der Waals surface area contributed by atoms with Gasteiger partial charge in [0.1, 0.15) is 12.3 Å². The van der Waals surface area contributed by atoms with E-state index in [1.807, 2.05) is 0 Å². The molecule has 1 aromatic carbocycles. The zero-order valence-electron chi connectivity index (χ0n) is 10.1. The molecule has 0 fully saturated rings. The molecule has 1 aliphatic heterocycles. The predicted octanol–water partition coefficient (Wildman–Crippen LogP) is 3.52. The van der Waals surface area contributed by atoms with Crippen LogP contribution in [0.2, 0.25) is 5.02 Å². The van der Waals surface area contributed by atoms with E-state index in [-0.39, 0.29) is 13.4 Å². The Bertz CT molecular complexity index is 670. The Kier molecular flexibility index (Phi) is 3.58. The Morgan fingerprint density at radius 2 is 2.25 bits per heavy atom. The number of esters is 1. The van der Waals surface area contributed by atoms with E-state index in [2.05, 4.69) is 20.9 Å². The summed E-state index contributed by atoms with van der Waals surface area (Å²) in [6, 6.07) is 5.08. The Hall–Kier alpha value is -1.66. The highest BCUT2D eigenvalue weighted by Crippen LogP contribution is 2.39. The number of hydrogen-bond acceptors (Lipinski definition) is 4. The summed E-state index contributed by atoms with van der Waals surface area (Å²) in [5.74, 6) is 0.644. The summed E-state index contributed by atoms with van der Waals surface area (Å²) < 4.78 is 16.4. The molecule has 0 spiro atoms. The Labute approximate surface area is 127 Å². The van der Waals surface area contributed by atoms with Crippen LogP contribution < -0.4 is 9.47 Å². The Morgan fingerprint density at radius 1 is 1.40 bits per heavy atom. The van der Waals surface area contributed by atoms with E-state index >= 15 is 0 Å². The second-order valence-electron chi connectivity index (χ2n) is 4.12. The number of carbonyl (C=O) groups excluding carboxylic acids is 1. The lowest BCUT2D eigenvalue weighted by molar-refractivity contribution is 0.0466. The lowest BCUT2D eigenvalue weighted by Gasteiger charge is -2.06. The number of nitrogens with one attached hydrogen (secondary N) is 1. The van der Waals surface area contributed by atoms with Crippen molar-refractivity contribution in [2.45, 2.75) is 6.61 Å². The maximum absolute atomic E-state index is 11.8. The average molecular weight is 359 g/mol. The number of halogens is 2. The molecule has 0 saturated carbocycles. The van der Waals surface area contributed by atoms with Crippen LogP contribution in [0.15, 0.2) is 28.9 Å². The van der Waals surface area contributed by atoms with Crippen molar-refractivity contribution in [2.24, 2.45) is 0 Å². The van der Waals surface area contributed by atoms with Crippen molar-refractivity contribution in [3.63, 3.8) is 0 Å².